The summed E-state index contributed by atoms with van der Waals surface area (Å²) in [6.07, 6.45) is 1.30. The van der Waals surface area contributed by atoms with Crippen LogP contribution in [0.4, 0.5) is 10.5 Å². The largest absolute Gasteiger partial charge is 0.450 e. The molecule has 4 nitrogen and oxygen atoms in total. The molecule has 0 saturated heterocycles. The maximum atomic E-state index is 11.4. The number of nitrogens with zero attached hydrogens (tertiary/aromatic N) is 1. The van der Waals surface area contributed by atoms with E-state index in [-0.39, 0.29) is 0 Å². The van der Waals surface area contributed by atoms with E-state index < -0.39 is 6.09 Å². The van der Waals surface area contributed by atoms with Crippen LogP contribution in [0.25, 0.3) is 10.9 Å². The molecule has 0 bridgehead atoms. The molecule has 17 heavy (non-hydrogen) atoms. The fraction of sp³-hybridized carbons (Fsp3) is 0.231. The predicted octanol–water partition coefficient (Wildman–Crippen LogP) is 3.11. The number of carbonyl (C=O) groups is 1. The molecule has 88 valence electrons. The molecule has 1 amide bonds. The summed E-state index contributed by atoms with van der Waals surface area (Å²) < 4.78 is 4.85. The van der Waals surface area contributed by atoms with E-state index in [1.54, 1.807) is 13.1 Å². The fourth-order valence-corrected chi connectivity index (χ4v) is 1.70. The van der Waals surface area contributed by atoms with Crippen molar-refractivity contribution in [2.45, 2.75) is 13.8 Å². The van der Waals surface area contributed by atoms with Gasteiger partial charge in [0.25, 0.3) is 0 Å². The summed E-state index contributed by atoms with van der Waals surface area (Å²) in [6.45, 7) is 4.12. The highest BCUT2D eigenvalue weighted by Gasteiger charge is 2.07. The zero-order chi connectivity index (χ0) is 12.3. The minimum absolute atomic E-state index is 0.355. The summed E-state index contributed by atoms with van der Waals surface area (Å²) in [7, 11) is 0. The van der Waals surface area contributed by atoms with E-state index in [4.69, 9.17) is 4.74 Å². The van der Waals surface area contributed by atoms with Crippen molar-refractivity contribution in [3.8, 4) is 0 Å². The monoisotopic (exact) mass is 230 g/mol. The number of hydrogen-bond donors (Lipinski definition) is 1. The molecule has 0 aliphatic carbocycles. The van der Waals surface area contributed by atoms with Gasteiger partial charge >= 0.3 is 6.09 Å². The molecule has 1 heterocycles. The van der Waals surface area contributed by atoms with Crippen LogP contribution < -0.4 is 5.32 Å². The smallest absolute Gasteiger partial charge is 0.411 e. The van der Waals surface area contributed by atoms with Crippen molar-refractivity contribution in [2.24, 2.45) is 0 Å². The standard InChI is InChI=1S/C13H14N2O2/c1-3-17-13(16)15-11-7-6-9(2)12-10(11)5-4-8-14-12/h4-8H,3H2,1-2H3,(H,15,16). The number of anilines is 1. The lowest BCUT2D eigenvalue weighted by Gasteiger charge is -2.09. The number of amides is 1. The normalized spacial score (nSPS) is 10.2. The van der Waals surface area contributed by atoms with Gasteiger partial charge in [0.15, 0.2) is 0 Å². The maximum Gasteiger partial charge on any atom is 0.411 e. The Morgan fingerprint density at radius 1 is 1.41 bits per heavy atom. The van der Waals surface area contributed by atoms with E-state index >= 15 is 0 Å². The highest BCUT2D eigenvalue weighted by molar-refractivity contribution is 5.99. The number of hydrogen-bond acceptors (Lipinski definition) is 3. The van der Waals surface area contributed by atoms with E-state index in [0.717, 1.165) is 22.2 Å². The van der Waals surface area contributed by atoms with Gasteiger partial charge in [-0.1, -0.05) is 6.07 Å². The molecule has 0 saturated carbocycles. The predicted molar refractivity (Wildman–Crippen MR) is 67.1 cm³/mol. The van der Waals surface area contributed by atoms with Crippen molar-refractivity contribution in [1.82, 2.24) is 4.98 Å². The van der Waals surface area contributed by atoms with Gasteiger partial charge in [0.2, 0.25) is 0 Å². The van der Waals surface area contributed by atoms with E-state index in [1.165, 1.54) is 0 Å². The Kier molecular flexibility index (Phi) is 3.23. The Balaban J connectivity index is 2.41. The summed E-state index contributed by atoms with van der Waals surface area (Å²) in [5.41, 5.74) is 2.69. The van der Waals surface area contributed by atoms with Gasteiger partial charge in [-0.25, -0.2) is 4.79 Å². The molecule has 0 fully saturated rings. The van der Waals surface area contributed by atoms with E-state index in [0.29, 0.717) is 6.61 Å². The van der Waals surface area contributed by atoms with Crippen molar-refractivity contribution >= 4 is 22.7 Å². The molecule has 1 aromatic carbocycles. The summed E-state index contributed by atoms with van der Waals surface area (Å²) >= 11 is 0. The number of ether oxygens (including phenoxy) is 1. The lowest BCUT2D eigenvalue weighted by atomic mass is 10.1. The molecule has 0 spiro atoms. The van der Waals surface area contributed by atoms with Crippen molar-refractivity contribution < 1.29 is 9.53 Å². The lowest BCUT2D eigenvalue weighted by Crippen LogP contribution is -2.13. The third-order valence-electron chi connectivity index (χ3n) is 2.48. The average molecular weight is 230 g/mol. The molecular weight excluding hydrogens is 216 g/mol. The SMILES string of the molecule is CCOC(=O)Nc1ccc(C)c2ncccc12. The van der Waals surface area contributed by atoms with Crippen molar-refractivity contribution in [2.75, 3.05) is 11.9 Å². The van der Waals surface area contributed by atoms with E-state index in [9.17, 15) is 4.79 Å². The van der Waals surface area contributed by atoms with Gasteiger partial charge in [-0.3, -0.25) is 10.3 Å². The lowest BCUT2D eigenvalue weighted by molar-refractivity contribution is 0.168. The van der Waals surface area contributed by atoms with Crippen LogP contribution in [0.2, 0.25) is 0 Å². The molecule has 0 aliphatic rings. The minimum atomic E-state index is -0.443. The number of carbonyl (C=O) groups excluding carboxylic acids is 1. The van der Waals surface area contributed by atoms with Crippen molar-refractivity contribution in [1.29, 1.82) is 0 Å². The number of aryl methyl sites for hydroxylation is 1. The molecule has 2 rings (SSSR count). The van der Waals surface area contributed by atoms with Gasteiger partial charge in [0.05, 0.1) is 17.8 Å². The summed E-state index contributed by atoms with van der Waals surface area (Å²) in [5, 5.41) is 3.63. The molecule has 1 N–H and O–H groups in total. The first-order valence-corrected chi connectivity index (χ1v) is 5.50. The Morgan fingerprint density at radius 3 is 3.00 bits per heavy atom. The number of pyridine rings is 1. The quantitative estimate of drug-likeness (QED) is 0.862. The number of benzene rings is 1. The van der Waals surface area contributed by atoms with Gasteiger partial charge in [-0.2, -0.15) is 0 Å². The number of fused-ring (bicyclic) bond motifs is 1. The van der Waals surface area contributed by atoms with Crippen LogP contribution in [-0.2, 0) is 4.74 Å². The van der Waals surface area contributed by atoms with Gasteiger partial charge in [-0.15, -0.1) is 0 Å². The van der Waals surface area contributed by atoms with Gasteiger partial charge < -0.3 is 4.74 Å². The zero-order valence-electron chi connectivity index (χ0n) is 9.86. The van der Waals surface area contributed by atoms with Crippen molar-refractivity contribution in [3.05, 3.63) is 36.0 Å². The molecule has 2 aromatic rings. The highest BCUT2D eigenvalue weighted by atomic mass is 16.5. The first-order valence-electron chi connectivity index (χ1n) is 5.50. The van der Waals surface area contributed by atoms with Crippen LogP contribution >= 0.6 is 0 Å². The average Bonchev–Trinajstić information content (AvgIpc) is 2.34. The van der Waals surface area contributed by atoms with E-state index in [1.807, 2.05) is 31.2 Å². The molecule has 0 aliphatic heterocycles. The van der Waals surface area contributed by atoms with Crippen LogP contribution in [0.5, 0.6) is 0 Å². The van der Waals surface area contributed by atoms with Crippen molar-refractivity contribution in [3.63, 3.8) is 0 Å². The molecule has 1 aromatic heterocycles. The first kappa shape index (κ1) is 11.4. The van der Waals surface area contributed by atoms with Crippen LogP contribution in [0.3, 0.4) is 0 Å². The Labute approximate surface area is 99.6 Å². The molecule has 0 unspecified atom stereocenters. The Hall–Kier alpha value is -2.10. The van der Waals surface area contributed by atoms with Crippen LogP contribution in [0, 0.1) is 6.92 Å². The van der Waals surface area contributed by atoms with E-state index in [2.05, 4.69) is 10.3 Å². The second-order valence-corrected chi connectivity index (χ2v) is 3.68. The van der Waals surface area contributed by atoms with Crippen LogP contribution in [-0.4, -0.2) is 17.7 Å². The zero-order valence-corrected chi connectivity index (χ0v) is 9.86. The molecule has 0 atom stereocenters. The van der Waals surface area contributed by atoms with Gasteiger partial charge in [0.1, 0.15) is 0 Å². The van der Waals surface area contributed by atoms with Crippen LogP contribution in [0.1, 0.15) is 12.5 Å². The second-order valence-electron chi connectivity index (χ2n) is 3.68. The summed E-state index contributed by atoms with van der Waals surface area (Å²) in [5.74, 6) is 0. The van der Waals surface area contributed by atoms with Gasteiger partial charge in [-0.05, 0) is 37.6 Å². The van der Waals surface area contributed by atoms with Crippen LogP contribution in [0.15, 0.2) is 30.5 Å². The highest BCUT2D eigenvalue weighted by Crippen LogP contribution is 2.24. The molecule has 4 heteroatoms. The number of nitrogens with one attached hydrogen (secondary N) is 1. The molecule has 0 radical (unpaired) electrons. The minimum Gasteiger partial charge on any atom is -0.450 e. The number of rotatable bonds is 2. The third-order valence-corrected chi connectivity index (χ3v) is 2.48. The Bertz CT molecular complexity index is 552. The first-order chi connectivity index (χ1) is 8.22. The third kappa shape index (κ3) is 2.36. The molecular formula is C13H14N2O2. The topological polar surface area (TPSA) is 51.2 Å². The fourth-order valence-electron chi connectivity index (χ4n) is 1.70. The summed E-state index contributed by atoms with van der Waals surface area (Å²) in [4.78, 5) is 15.7. The summed E-state index contributed by atoms with van der Waals surface area (Å²) in [6, 6.07) is 7.56. The Morgan fingerprint density at radius 2 is 2.24 bits per heavy atom. The second kappa shape index (κ2) is 4.82. The maximum absolute atomic E-state index is 11.4. The number of aromatic nitrogens is 1. The van der Waals surface area contributed by atoms with Gasteiger partial charge in [0, 0.05) is 11.6 Å².